The molecule has 0 aliphatic heterocycles. The predicted octanol–water partition coefficient (Wildman–Crippen LogP) is 4.13. The fourth-order valence-corrected chi connectivity index (χ4v) is 2.83. The maximum Gasteiger partial charge on any atom is 0.255 e. The molecule has 1 amide bonds. The molecule has 0 fully saturated rings. The van der Waals surface area contributed by atoms with Gasteiger partial charge in [0, 0.05) is 11.3 Å². The molecule has 4 aromatic rings. The first kappa shape index (κ1) is 17.7. The third kappa shape index (κ3) is 3.42. The van der Waals surface area contributed by atoms with Crippen molar-refractivity contribution in [1.29, 1.82) is 0 Å². The van der Waals surface area contributed by atoms with Crippen LogP contribution in [0.4, 0.5) is 10.1 Å². The molecule has 0 saturated carbocycles. The molecule has 0 saturated heterocycles. The molecule has 1 N–H and O–H groups in total. The van der Waals surface area contributed by atoms with E-state index in [0.717, 1.165) is 17.0 Å². The zero-order valence-corrected chi connectivity index (χ0v) is 15.3. The third-order valence-corrected chi connectivity index (χ3v) is 4.38. The molecule has 28 heavy (non-hydrogen) atoms. The van der Waals surface area contributed by atoms with Crippen LogP contribution in [0.2, 0.25) is 0 Å². The molecular weight excluding hydrogens is 359 g/mol. The Hall–Kier alpha value is -3.74. The minimum atomic E-state index is -0.385. The summed E-state index contributed by atoms with van der Waals surface area (Å²) < 4.78 is 18.2. The summed E-state index contributed by atoms with van der Waals surface area (Å²) in [5, 5.41) is 11.8. The highest BCUT2D eigenvalue weighted by Gasteiger charge is 2.12. The van der Waals surface area contributed by atoms with Crippen LogP contribution >= 0.6 is 0 Å². The summed E-state index contributed by atoms with van der Waals surface area (Å²) in [6.07, 6.45) is 0. The number of amides is 1. The highest BCUT2D eigenvalue weighted by atomic mass is 19.1. The molecule has 0 atom stereocenters. The Bertz CT molecular complexity index is 1150. The van der Waals surface area contributed by atoms with E-state index in [0.29, 0.717) is 22.3 Å². The molecule has 1 aromatic heterocycles. The molecule has 7 heteroatoms. The number of rotatable bonds is 4. The molecular formula is C21H17FN4O2. The van der Waals surface area contributed by atoms with Crippen LogP contribution in [0.3, 0.4) is 0 Å². The van der Waals surface area contributed by atoms with Gasteiger partial charge in [-0.25, -0.2) is 4.39 Å². The minimum Gasteiger partial charge on any atom is -0.497 e. The van der Waals surface area contributed by atoms with Crippen molar-refractivity contribution in [1.82, 2.24) is 15.0 Å². The second-order valence-electron chi connectivity index (χ2n) is 6.30. The molecule has 0 radical (unpaired) electrons. The highest BCUT2D eigenvalue weighted by Crippen LogP contribution is 2.23. The number of hydrogen-bond donors (Lipinski definition) is 1. The van der Waals surface area contributed by atoms with E-state index in [1.807, 2.05) is 37.3 Å². The van der Waals surface area contributed by atoms with E-state index >= 15 is 0 Å². The second kappa shape index (κ2) is 7.11. The smallest absolute Gasteiger partial charge is 0.255 e. The molecule has 0 unspecified atom stereocenters. The summed E-state index contributed by atoms with van der Waals surface area (Å²) >= 11 is 0. The van der Waals surface area contributed by atoms with Gasteiger partial charge in [0.15, 0.2) is 0 Å². The largest absolute Gasteiger partial charge is 0.497 e. The number of nitrogens with one attached hydrogen (secondary N) is 1. The van der Waals surface area contributed by atoms with Crippen molar-refractivity contribution in [3.63, 3.8) is 0 Å². The van der Waals surface area contributed by atoms with Gasteiger partial charge in [-0.3, -0.25) is 4.79 Å². The number of aryl methyl sites for hydroxylation is 1. The van der Waals surface area contributed by atoms with Gasteiger partial charge >= 0.3 is 0 Å². The van der Waals surface area contributed by atoms with E-state index in [1.165, 1.54) is 29.1 Å². The molecule has 0 aliphatic carbocycles. The number of methoxy groups -OCH3 is 1. The standard InChI is InChI=1S/C21H17FN4O2/c1-13-11-19-20(25-26(24-19)16-7-9-17(28-2)10-8-16)12-18(13)23-21(27)14-3-5-15(22)6-4-14/h3-12H,1-2H3,(H,23,27). The van der Waals surface area contributed by atoms with Crippen LogP contribution in [-0.4, -0.2) is 28.0 Å². The van der Waals surface area contributed by atoms with E-state index in [4.69, 9.17) is 4.74 Å². The van der Waals surface area contributed by atoms with Gasteiger partial charge < -0.3 is 10.1 Å². The van der Waals surface area contributed by atoms with Gasteiger partial charge in [-0.15, -0.1) is 10.2 Å². The Morgan fingerprint density at radius 1 is 1.00 bits per heavy atom. The van der Waals surface area contributed by atoms with E-state index in [1.54, 1.807) is 13.2 Å². The highest BCUT2D eigenvalue weighted by molar-refractivity contribution is 6.05. The number of nitrogens with zero attached hydrogens (tertiary/aromatic N) is 3. The molecule has 0 aliphatic rings. The van der Waals surface area contributed by atoms with Crippen molar-refractivity contribution in [2.75, 3.05) is 12.4 Å². The average Bonchev–Trinajstić information content (AvgIpc) is 3.11. The molecule has 1 heterocycles. The van der Waals surface area contributed by atoms with Crippen LogP contribution in [0.15, 0.2) is 60.7 Å². The fourth-order valence-electron chi connectivity index (χ4n) is 2.83. The van der Waals surface area contributed by atoms with Crippen LogP contribution < -0.4 is 10.1 Å². The van der Waals surface area contributed by atoms with E-state index in [9.17, 15) is 9.18 Å². The number of benzene rings is 3. The molecule has 0 spiro atoms. The quantitative estimate of drug-likeness (QED) is 0.581. The topological polar surface area (TPSA) is 69.0 Å². The lowest BCUT2D eigenvalue weighted by molar-refractivity contribution is 0.102. The summed E-state index contributed by atoms with van der Waals surface area (Å²) in [6.45, 7) is 1.88. The number of fused-ring (bicyclic) bond motifs is 1. The van der Waals surface area contributed by atoms with Crippen molar-refractivity contribution in [3.05, 3.63) is 77.6 Å². The normalized spacial score (nSPS) is 10.8. The van der Waals surface area contributed by atoms with Gasteiger partial charge in [-0.1, -0.05) is 0 Å². The molecule has 140 valence electrons. The van der Waals surface area contributed by atoms with Crippen LogP contribution in [-0.2, 0) is 0 Å². The summed E-state index contributed by atoms with van der Waals surface area (Å²) in [4.78, 5) is 14.0. The first-order valence-electron chi connectivity index (χ1n) is 8.62. The number of carbonyl (C=O) groups is 1. The summed E-state index contributed by atoms with van der Waals surface area (Å²) in [5.74, 6) is 0.0522. The van der Waals surface area contributed by atoms with Gasteiger partial charge in [-0.2, -0.15) is 4.80 Å². The Morgan fingerprint density at radius 3 is 2.29 bits per heavy atom. The fraction of sp³-hybridized carbons (Fsp3) is 0.0952. The number of hydrogen-bond acceptors (Lipinski definition) is 4. The first-order chi connectivity index (χ1) is 13.5. The van der Waals surface area contributed by atoms with E-state index < -0.39 is 0 Å². The van der Waals surface area contributed by atoms with Crippen molar-refractivity contribution in [2.24, 2.45) is 0 Å². The van der Waals surface area contributed by atoms with Gasteiger partial charge in [-0.05, 0) is 73.2 Å². The summed E-state index contributed by atoms with van der Waals surface area (Å²) in [5.41, 5.74) is 4.02. The monoisotopic (exact) mass is 376 g/mol. The minimum absolute atomic E-state index is 0.315. The molecule has 6 nitrogen and oxygen atoms in total. The summed E-state index contributed by atoms with van der Waals surface area (Å²) in [7, 11) is 1.61. The zero-order valence-electron chi connectivity index (χ0n) is 15.3. The number of aromatic nitrogens is 3. The number of ether oxygens (including phenoxy) is 1. The first-order valence-corrected chi connectivity index (χ1v) is 8.62. The number of anilines is 1. The van der Waals surface area contributed by atoms with Crippen molar-refractivity contribution in [3.8, 4) is 11.4 Å². The maximum absolute atomic E-state index is 13.0. The third-order valence-electron chi connectivity index (χ3n) is 4.38. The molecule has 3 aromatic carbocycles. The lowest BCUT2D eigenvalue weighted by Crippen LogP contribution is -2.12. The second-order valence-corrected chi connectivity index (χ2v) is 6.30. The van der Waals surface area contributed by atoms with Crippen LogP contribution in [0, 0.1) is 12.7 Å². The van der Waals surface area contributed by atoms with Gasteiger partial charge in [0.1, 0.15) is 22.6 Å². The number of carbonyl (C=O) groups excluding carboxylic acids is 1. The Morgan fingerprint density at radius 2 is 1.64 bits per heavy atom. The van der Waals surface area contributed by atoms with Gasteiger partial charge in [0.05, 0.1) is 12.8 Å². The summed E-state index contributed by atoms with van der Waals surface area (Å²) in [6, 6.07) is 16.4. The van der Waals surface area contributed by atoms with Crippen LogP contribution in [0.5, 0.6) is 5.75 Å². The lowest BCUT2D eigenvalue weighted by Gasteiger charge is -2.08. The van der Waals surface area contributed by atoms with Crippen molar-refractivity contribution >= 4 is 22.6 Å². The number of halogens is 1. The van der Waals surface area contributed by atoms with Crippen LogP contribution in [0.1, 0.15) is 15.9 Å². The van der Waals surface area contributed by atoms with Gasteiger partial charge in [0.2, 0.25) is 0 Å². The maximum atomic E-state index is 13.0. The zero-order chi connectivity index (χ0) is 19.7. The predicted molar refractivity (Wildman–Crippen MR) is 105 cm³/mol. The Balaban J connectivity index is 1.63. The Labute approximate surface area is 160 Å². The van der Waals surface area contributed by atoms with Crippen molar-refractivity contribution in [2.45, 2.75) is 6.92 Å². The van der Waals surface area contributed by atoms with E-state index in [-0.39, 0.29) is 11.7 Å². The Kier molecular flexibility index (Phi) is 4.49. The molecule has 4 rings (SSSR count). The van der Waals surface area contributed by atoms with Crippen LogP contribution in [0.25, 0.3) is 16.7 Å². The average molecular weight is 376 g/mol. The van der Waals surface area contributed by atoms with Gasteiger partial charge in [0.25, 0.3) is 5.91 Å². The molecule has 0 bridgehead atoms. The van der Waals surface area contributed by atoms with E-state index in [2.05, 4.69) is 15.5 Å². The lowest BCUT2D eigenvalue weighted by atomic mass is 10.1. The van der Waals surface area contributed by atoms with Crippen molar-refractivity contribution < 1.29 is 13.9 Å². The SMILES string of the molecule is COc1ccc(-n2nc3cc(C)c(NC(=O)c4ccc(F)cc4)cc3n2)cc1.